The van der Waals surface area contributed by atoms with Crippen LogP contribution < -0.4 is 10.1 Å². The zero-order valence-corrected chi connectivity index (χ0v) is 19.7. The summed E-state index contributed by atoms with van der Waals surface area (Å²) in [5, 5.41) is 2.97. The lowest BCUT2D eigenvalue weighted by molar-refractivity contribution is 0.0684. The molecule has 0 bridgehead atoms. The minimum absolute atomic E-state index is 0.0386. The van der Waals surface area contributed by atoms with Crippen molar-refractivity contribution in [2.45, 2.75) is 19.8 Å². The molecule has 1 N–H and O–H groups in total. The van der Waals surface area contributed by atoms with Crippen LogP contribution in [0.3, 0.4) is 0 Å². The highest BCUT2D eigenvalue weighted by atomic mass is 16.7. The average Bonchev–Trinajstić information content (AvgIpc) is 3.43. The van der Waals surface area contributed by atoms with E-state index in [2.05, 4.69) is 5.32 Å². The smallest absolute Gasteiger partial charge is 0.434 e. The topological polar surface area (TPSA) is 89.9 Å². The Balaban J connectivity index is 1.21. The van der Waals surface area contributed by atoms with Crippen molar-refractivity contribution in [3.8, 4) is 11.4 Å². The molecule has 1 aliphatic heterocycles. The van der Waals surface area contributed by atoms with Crippen molar-refractivity contribution >= 4 is 18.0 Å². The van der Waals surface area contributed by atoms with Crippen LogP contribution in [0.5, 0.6) is 5.75 Å². The van der Waals surface area contributed by atoms with E-state index in [0.29, 0.717) is 42.4 Å². The molecule has 0 spiro atoms. The van der Waals surface area contributed by atoms with Crippen LogP contribution in [0, 0.1) is 5.92 Å². The van der Waals surface area contributed by atoms with Gasteiger partial charge in [-0.2, -0.15) is 0 Å². The van der Waals surface area contributed by atoms with Gasteiger partial charge in [0.2, 0.25) is 0 Å². The number of aromatic nitrogens is 1. The second-order valence-corrected chi connectivity index (χ2v) is 8.39. The maximum atomic E-state index is 12.9. The number of piperidine rings is 1. The standard InChI is InChI=1S/C27H29N3O5/c1-2-34-27(33)35-24-11-7-21(8-12-24)25(31)28-19-20-13-17-30(18-14-20)26(32)22-5-9-23(10-6-22)29-15-3-4-16-29/h3-12,15-16,20H,2,13-14,17-19H2,1H3,(H,28,31). The first-order chi connectivity index (χ1) is 17.0. The lowest BCUT2D eigenvalue weighted by atomic mass is 9.96. The Kier molecular flexibility index (Phi) is 7.82. The predicted octanol–water partition coefficient (Wildman–Crippen LogP) is 4.29. The fourth-order valence-electron chi connectivity index (χ4n) is 4.06. The maximum Gasteiger partial charge on any atom is 0.513 e. The summed E-state index contributed by atoms with van der Waals surface area (Å²) in [7, 11) is 0. The van der Waals surface area contributed by atoms with E-state index < -0.39 is 6.16 Å². The Morgan fingerprint density at radius 3 is 2.17 bits per heavy atom. The summed E-state index contributed by atoms with van der Waals surface area (Å²) < 4.78 is 11.7. The van der Waals surface area contributed by atoms with Gasteiger partial charge in [-0.1, -0.05) is 0 Å². The second-order valence-electron chi connectivity index (χ2n) is 8.39. The van der Waals surface area contributed by atoms with Crippen molar-refractivity contribution < 1.29 is 23.9 Å². The zero-order chi connectivity index (χ0) is 24.6. The molecule has 1 fully saturated rings. The molecule has 0 atom stereocenters. The van der Waals surface area contributed by atoms with Gasteiger partial charge in [0.25, 0.3) is 11.8 Å². The summed E-state index contributed by atoms with van der Waals surface area (Å²) in [6.07, 6.45) is 4.83. The van der Waals surface area contributed by atoms with E-state index in [9.17, 15) is 14.4 Å². The van der Waals surface area contributed by atoms with Crippen LogP contribution in [0.15, 0.2) is 73.1 Å². The first-order valence-electron chi connectivity index (χ1n) is 11.8. The first-order valence-corrected chi connectivity index (χ1v) is 11.8. The Bertz CT molecular complexity index is 1130. The summed E-state index contributed by atoms with van der Waals surface area (Å²) in [5.74, 6) is 0.479. The van der Waals surface area contributed by atoms with E-state index in [-0.39, 0.29) is 18.4 Å². The van der Waals surface area contributed by atoms with Crippen molar-refractivity contribution in [3.63, 3.8) is 0 Å². The van der Waals surface area contributed by atoms with Gasteiger partial charge in [0, 0.05) is 48.8 Å². The summed E-state index contributed by atoms with van der Waals surface area (Å²) in [6, 6.07) is 17.9. The fraction of sp³-hybridized carbons (Fsp3) is 0.296. The van der Waals surface area contributed by atoms with Crippen molar-refractivity contribution in [1.82, 2.24) is 14.8 Å². The number of carbonyl (C=O) groups excluding carboxylic acids is 3. The molecule has 182 valence electrons. The number of rotatable bonds is 7. The van der Waals surface area contributed by atoms with E-state index >= 15 is 0 Å². The molecular formula is C27H29N3O5. The van der Waals surface area contributed by atoms with Gasteiger partial charge in [-0.3, -0.25) is 9.59 Å². The minimum Gasteiger partial charge on any atom is -0.434 e. The maximum absolute atomic E-state index is 12.9. The lowest BCUT2D eigenvalue weighted by Gasteiger charge is -2.32. The van der Waals surface area contributed by atoms with Crippen LogP contribution in [-0.2, 0) is 4.74 Å². The van der Waals surface area contributed by atoms with E-state index in [1.165, 1.54) is 0 Å². The number of carbonyl (C=O) groups is 3. The molecule has 1 aromatic heterocycles. The number of amides is 2. The molecule has 0 saturated carbocycles. The summed E-state index contributed by atoms with van der Waals surface area (Å²) in [6.45, 7) is 3.81. The molecule has 0 aliphatic carbocycles. The largest absolute Gasteiger partial charge is 0.513 e. The fourth-order valence-corrected chi connectivity index (χ4v) is 4.06. The van der Waals surface area contributed by atoms with Gasteiger partial charge in [0.1, 0.15) is 5.75 Å². The summed E-state index contributed by atoms with van der Waals surface area (Å²) in [5.41, 5.74) is 2.18. The van der Waals surface area contributed by atoms with E-state index in [1.54, 1.807) is 31.2 Å². The Morgan fingerprint density at radius 1 is 0.914 bits per heavy atom. The molecule has 35 heavy (non-hydrogen) atoms. The Labute approximate surface area is 204 Å². The predicted molar refractivity (Wildman–Crippen MR) is 131 cm³/mol. The monoisotopic (exact) mass is 475 g/mol. The number of ether oxygens (including phenoxy) is 2. The average molecular weight is 476 g/mol. The molecule has 2 amide bonds. The van der Waals surface area contributed by atoms with Crippen molar-refractivity contribution in [3.05, 3.63) is 84.2 Å². The van der Waals surface area contributed by atoms with Gasteiger partial charge in [-0.25, -0.2) is 4.79 Å². The summed E-state index contributed by atoms with van der Waals surface area (Å²) in [4.78, 5) is 38.6. The summed E-state index contributed by atoms with van der Waals surface area (Å²) >= 11 is 0. The minimum atomic E-state index is -0.775. The molecule has 2 heterocycles. The van der Waals surface area contributed by atoms with Gasteiger partial charge in [-0.05, 0) is 86.3 Å². The van der Waals surface area contributed by atoms with E-state index in [0.717, 1.165) is 18.5 Å². The molecule has 4 rings (SSSR count). The Hall–Kier alpha value is -4.07. The highest BCUT2D eigenvalue weighted by molar-refractivity contribution is 5.95. The molecule has 8 heteroatoms. The van der Waals surface area contributed by atoms with Gasteiger partial charge in [0.15, 0.2) is 0 Å². The number of hydrogen-bond acceptors (Lipinski definition) is 5. The molecule has 3 aromatic rings. The van der Waals surface area contributed by atoms with Crippen LogP contribution in [0.2, 0.25) is 0 Å². The lowest BCUT2D eigenvalue weighted by Crippen LogP contribution is -2.41. The second kappa shape index (κ2) is 11.4. The number of nitrogens with one attached hydrogen (secondary N) is 1. The van der Waals surface area contributed by atoms with Crippen molar-refractivity contribution in [1.29, 1.82) is 0 Å². The van der Waals surface area contributed by atoms with Crippen LogP contribution >= 0.6 is 0 Å². The van der Waals surface area contributed by atoms with Crippen molar-refractivity contribution in [2.24, 2.45) is 5.92 Å². The van der Waals surface area contributed by atoms with Crippen LogP contribution in [-0.4, -0.2) is 53.7 Å². The molecule has 2 aromatic carbocycles. The van der Waals surface area contributed by atoms with Gasteiger partial charge in [-0.15, -0.1) is 0 Å². The van der Waals surface area contributed by atoms with E-state index in [4.69, 9.17) is 9.47 Å². The normalized spacial score (nSPS) is 13.8. The first kappa shape index (κ1) is 24.1. The van der Waals surface area contributed by atoms with E-state index in [1.807, 2.05) is 58.3 Å². The molecule has 0 radical (unpaired) electrons. The highest BCUT2D eigenvalue weighted by Gasteiger charge is 2.24. The molecule has 1 aliphatic rings. The number of benzene rings is 2. The van der Waals surface area contributed by atoms with Gasteiger partial charge >= 0.3 is 6.16 Å². The van der Waals surface area contributed by atoms with Crippen LogP contribution in [0.1, 0.15) is 40.5 Å². The Morgan fingerprint density at radius 2 is 1.54 bits per heavy atom. The number of nitrogens with zero attached hydrogens (tertiary/aromatic N) is 2. The zero-order valence-electron chi connectivity index (χ0n) is 19.7. The van der Waals surface area contributed by atoms with Crippen LogP contribution in [0.25, 0.3) is 5.69 Å². The highest BCUT2D eigenvalue weighted by Crippen LogP contribution is 2.20. The molecular weight excluding hydrogens is 446 g/mol. The molecule has 1 saturated heterocycles. The van der Waals surface area contributed by atoms with Gasteiger partial charge < -0.3 is 24.3 Å². The third kappa shape index (κ3) is 6.29. The third-order valence-electron chi connectivity index (χ3n) is 6.05. The molecule has 0 unspecified atom stereocenters. The third-order valence-corrected chi connectivity index (χ3v) is 6.05. The molecule has 8 nitrogen and oxygen atoms in total. The van der Waals surface area contributed by atoms with Crippen LogP contribution in [0.4, 0.5) is 4.79 Å². The number of likely N-dealkylation sites (tertiary alicyclic amines) is 1. The van der Waals surface area contributed by atoms with Gasteiger partial charge in [0.05, 0.1) is 6.61 Å². The number of hydrogen-bond donors (Lipinski definition) is 1. The van der Waals surface area contributed by atoms with Crippen molar-refractivity contribution in [2.75, 3.05) is 26.2 Å². The SMILES string of the molecule is CCOC(=O)Oc1ccc(C(=O)NCC2CCN(C(=O)c3ccc(-n4cccc4)cc3)CC2)cc1. The quantitative estimate of drug-likeness (QED) is 0.407.